The Morgan fingerprint density at radius 2 is 0.870 bits per heavy atom. The molecule has 0 saturated heterocycles. The van der Waals surface area contributed by atoms with E-state index in [9.17, 15) is 0 Å². The monoisotopic (exact) mass is 688 g/mol. The van der Waals surface area contributed by atoms with E-state index in [0.717, 1.165) is 55.5 Å². The maximum Gasteiger partial charge on any atom is 0.160 e. The Kier molecular flexibility index (Phi) is 7.77. The second-order valence-electron chi connectivity index (χ2n) is 13.5. The molecule has 54 heavy (non-hydrogen) atoms. The fourth-order valence-electron chi connectivity index (χ4n) is 7.74. The van der Waals surface area contributed by atoms with Crippen molar-refractivity contribution >= 4 is 32.3 Å². The Morgan fingerprint density at radius 3 is 1.59 bits per heavy atom. The van der Waals surface area contributed by atoms with Gasteiger partial charge in [-0.05, 0) is 79.0 Å². The van der Waals surface area contributed by atoms with Crippen LogP contribution in [0.5, 0.6) is 0 Å². The van der Waals surface area contributed by atoms with Gasteiger partial charge in [0.05, 0.1) is 11.4 Å². The van der Waals surface area contributed by atoms with Gasteiger partial charge >= 0.3 is 0 Å². The van der Waals surface area contributed by atoms with E-state index in [1.54, 1.807) is 6.20 Å². The van der Waals surface area contributed by atoms with Crippen LogP contribution in [0.15, 0.2) is 195 Å². The molecule has 0 unspecified atom stereocenters. The highest BCUT2D eigenvalue weighted by Gasteiger charge is 2.18. The van der Waals surface area contributed by atoms with Crippen molar-refractivity contribution in [2.24, 2.45) is 0 Å². The number of pyridine rings is 2. The predicted octanol–water partition coefficient (Wildman–Crippen LogP) is 12.7. The second-order valence-corrected chi connectivity index (χ2v) is 13.5. The highest BCUT2D eigenvalue weighted by molar-refractivity contribution is 6.21. The van der Waals surface area contributed by atoms with Crippen LogP contribution >= 0.6 is 0 Å². The molecule has 0 aliphatic heterocycles. The fourth-order valence-corrected chi connectivity index (χ4v) is 7.74. The summed E-state index contributed by atoms with van der Waals surface area (Å²) in [5.74, 6) is 0.648. The Balaban J connectivity index is 1.19. The molecule has 7 aromatic carbocycles. The van der Waals surface area contributed by atoms with Crippen molar-refractivity contribution in [1.82, 2.24) is 19.9 Å². The molecule has 0 aliphatic rings. The van der Waals surface area contributed by atoms with Gasteiger partial charge in [-0.3, -0.25) is 9.97 Å². The van der Waals surface area contributed by atoms with Crippen LogP contribution in [0.25, 0.3) is 99.6 Å². The summed E-state index contributed by atoms with van der Waals surface area (Å²) in [5, 5.41) is 7.04. The van der Waals surface area contributed by atoms with Gasteiger partial charge in [-0.2, -0.15) is 0 Å². The molecule has 0 bridgehead atoms. The van der Waals surface area contributed by atoms with Gasteiger partial charge < -0.3 is 0 Å². The third-order valence-corrected chi connectivity index (χ3v) is 10.2. The van der Waals surface area contributed by atoms with Crippen molar-refractivity contribution in [3.8, 4) is 67.3 Å². The number of fused-ring (bicyclic) bond motifs is 3. The van der Waals surface area contributed by atoms with Crippen LogP contribution in [-0.4, -0.2) is 19.9 Å². The van der Waals surface area contributed by atoms with Crippen molar-refractivity contribution < 1.29 is 0 Å². The fraction of sp³-hybridized carbons (Fsp3) is 0. The molecule has 0 saturated carbocycles. The standard InChI is InChI=1S/C50H32N4/c1-2-13-33(14-3-1)48-41-22-6-8-24-43(41)49(44-25-9-7-23-42(44)48)36-18-11-17-35(28-36)46-29-47(45-32-52-31-39-15-4-5-21-40(39)45)54-50(53-46)37-19-10-16-34(27-37)38-20-12-26-51-30-38/h1-32H. The van der Waals surface area contributed by atoms with Crippen molar-refractivity contribution in [2.45, 2.75) is 0 Å². The minimum absolute atomic E-state index is 0.648. The summed E-state index contributed by atoms with van der Waals surface area (Å²) in [6, 6.07) is 59.9. The van der Waals surface area contributed by atoms with Gasteiger partial charge in [-0.25, -0.2) is 9.97 Å². The van der Waals surface area contributed by atoms with Crippen LogP contribution in [0.1, 0.15) is 0 Å². The zero-order valence-electron chi connectivity index (χ0n) is 29.3. The van der Waals surface area contributed by atoms with E-state index in [1.165, 1.54) is 38.2 Å². The molecule has 10 rings (SSSR count). The van der Waals surface area contributed by atoms with Gasteiger partial charge in [0.25, 0.3) is 0 Å². The molecule has 0 radical (unpaired) electrons. The van der Waals surface area contributed by atoms with Gasteiger partial charge in [-0.15, -0.1) is 0 Å². The average molecular weight is 689 g/mol. The zero-order chi connectivity index (χ0) is 35.8. The van der Waals surface area contributed by atoms with Crippen molar-refractivity contribution in [3.63, 3.8) is 0 Å². The number of benzene rings is 7. The maximum absolute atomic E-state index is 5.28. The Labute approximate surface area is 313 Å². The van der Waals surface area contributed by atoms with Crippen LogP contribution < -0.4 is 0 Å². The summed E-state index contributed by atoms with van der Waals surface area (Å²) < 4.78 is 0. The molecule has 4 nitrogen and oxygen atoms in total. The van der Waals surface area contributed by atoms with Crippen LogP contribution in [0.3, 0.4) is 0 Å². The van der Waals surface area contributed by atoms with Gasteiger partial charge in [0.15, 0.2) is 5.82 Å². The minimum atomic E-state index is 0.648. The largest absolute Gasteiger partial charge is 0.264 e. The first-order valence-corrected chi connectivity index (χ1v) is 18.1. The van der Waals surface area contributed by atoms with E-state index in [0.29, 0.717) is 5.82 Å². The van der Waals surface area contributed by atoms with Gasteiger partial charge in [0, 0.05) is 52.4 Å². The molecule has 3 aromatic heterocycles. The number of nitrogens with zero attached hydrogens (tertiary/aromatic N) is 4. The number of hydrogen-bond donors (Lipinski definition) is 0. The summed E-state index contributed by atoms with van der Waals surface area (Å²) >= 11 is 0. The maximum atomic E-state index is 5.28. The van der Waals surface area contributed by atoms with Crippen molar-refractivity contribution in [3.05, 3.63) is 195 Å². The molecule has 4 heteroatoms. The summed E-state index contributed by atoms with van der Waals surface area (Å²) in [4.78, 5) is 19.5. The van der Waals surface area contributed by atoms with E-state index in [2.05, 4.69) is 168 Å². The molecule has 0 atom stereocenters. The predicted molar refractivity (Wildman–Crippen MR) is 223 cm³/mol. The lowest BCUT2D eigenvalue weighted by Gasteiger charge is -2.18. The zero-order valence-corrected chi connectivity index (χ0v) is 29.3. The first-order chi connectivity index (χ1) is 26.8. The topological polar surface area (TPSA) is 51.6 Å². The van der Waals surface area contributed by atoms with E-state index in [1.807, 2.05) is 30.7 Å². The van der Waals surface area contributed by atoms with Crippen LogP contribution in [0.2, 0.25) is 0 Å². The third-order valence-electron chi connectivity index (χ3n) is 10.2. The first-order valence-electron chi connectivity index (χ1n) is 18.1. The highest BCUT2D eigenvalue weighted by Crippen LogP contribution is 2.44. The van der Waals surface area contributed by atoms with Crippen molar-refractivity contribution in [1.29, 1.82) is 0 Å². The third kappa shape index (κ3) is 5.58. The van der Waals surface area contributed by atoms with E-state index in [4.69, 9.17) is 9.97 Å². The van der Waals surface area contributed by atoms with E-state index in [-0.39, 0.29) is 0 Å². The second kappa shape index (κ2) is 13.4. The van der Waals surface area contributed by atoms with Gasteiger partial charge in [0.2, 0.25) is 0 Å². The normalized spacial score (nSPS) is 11.3. The van der Waals surface area contributed by atoms with Crippen LogP contribution in [0.4, 0.5) is 0 Å². The highest BCUT2D eigenvalue weighted by atomic mass is 14.9. The lowest BCUT2D eigenvalue weighted by Crippen LogP contribution is -1.97. The minimum Gasteiger partial charge on any atom is -0.264 e. The number of hydrogen-bond acceptors (Lipinski definition) is 4. The molecule has 0 fully saturated rings. The van der Waals surface area contributed by atoms with Crippen molar-refractivity contribution in [2.75, 3.05) is 0 Å². The molecule has 0 amide bonds. The molecule has 0 N–H and O–H groups in total. The molecule has 0 aliphatic carbocycles. The molecule has 0 spiro atoms. The molecule has 10 aromatic rings. The van der Waals surface area contributed by atoms with Crippen LogP contribution in [-0.2, 0) is 0 Å². The molecular weight excluding hydrogens is 657 g/mol. The average Bonchev–Trinajstić information content (AvgIpc) is 3.26. The quantitative estimate of drug-likeness (QED) is 0.163. The number of aromatic nitrogens is 4. The molecule has 3 heterocycles. The molecular formula is C50H32N4. The van der Waals surface area contributed by atoms with Gasteiger partial charge in [-0.1, -0.05) is 146 Å². The number of rotatable bonds is 6. The van der Waals surface area contributed by atoms with E-state index >= 15 is 0 Å². The Bertz CT molecular complexity index is 2930. The lowest BCUT2D eigenvalue weighted by molar-refractivity contribution is 1.18. The summed E-state index contributed by atoms with van der Waals surface area (Å²) in [5.41, 5.74) is 11.5. The van der Waals surface area contributed by atoms with Gasteiger partial charge in [0.1, 0.15) is 0 Å². The first kappa shape index (κ1) is 31.4. The Hall–Kier alpha value is -7.30. The smallest absolute Gasteiger partial charge is 0.160 e. The molecule has 252 valence electrons. The Morgan fingerprint density at radius 1 is 0.315 bits per heavy atom. The van der Waals surface area contributed by atoms with E-state index < -0.39 is 0 Å². The SMILES string of the molecule is c1ccc(-c2c3ccccc3c(-c3cccc(-c4cc(-c5cncc6ccccc56)nc(-c5cccc(-c6cccnc6)c5)n4)c3)c3ccccc23)cc1. The van der Waals surface area contributed by atoms with Crippen LogP contribution in [0, 0.1) is 0 Å². The summed E-state index contributed by atoms with van der Waals surface area (Å²) in [7, 11) is 0. The lowest BCUT2D eigenvalue weighted by atomic mass is 9.85. The summed E-state index contributed by atoms with van der Waals surface area (Å²) in [6.45, 7) is 0. The summed E-state index contributed by atoms with van der Waals surface area (Å²) in [6.07, 6.45) is 7.49.